The monoisotopic (exact) mass is 354 g/mol. The van der Waals surface area contributed by atoms with Gasteiger partial charge >= 0.3 is 0 Å². The number of benzene rings is 1. The number of piperazine rings is 1. The molecule has 24 heavy (non-hydrogen) atoms. The molecule has 9 heteroatoms. The van der Waals surface area contributed by atoms with Gasteiger partial charge in [-0.25, -0.2) is 4.39 Å². The second-order valence-corrected chi connectivity index (χ2v) is 5.54. The number of nitrogens with zero attached hydrogens (tertiary/aromatic N) is 4. The lowest BCUT2D eigenvalue weighted by atomic mass is 10.2. The van der Waals surface area contributed by atoms with Gasteiger partial charge < -0.3 is 14.5 Å². The van der Waals surface area contributed by atoms with E-state index in [2.05, 4.69) is 17.6 Å². The molecule has 1 heterocycles. The first-order valence-electron chi connectivity index (χ1n) is 7.24. The van der Waals surface area contributed by atoms with E-state index in [0.717, 1.165) is 6.07 Å². The first-order chi connectivity index (χ1) is 11.4. The first kappa shape index (κ1) is 18.0. The zero-order valence-electron chi connectivity index (χ0n) is 12.9. The highest BCUT2D eigenvalue weighted by Crippen LogP contribution is 2.21. The molecule has 1 aromatic rings. The summed E-state index contributed by atoms with van der Waals surface area (Å²) in [4.78, 5) is 19.2. The second-order valence-electron chi connectivity index (χ2n) is 5.14. The van der Waals surface area contributed by atoms with Crippen LogP contribution in [0.1, 0.15) is 6.92 Å². The van der Waals surface area contributed by atoms with Crippen LogP contribution in [0.3, 0.4) is 0 Å². The van der Waals surface area contributed by atoms with E-state index in [4.69, 9.17) is 10.00 Å². The fraction of sp³-hybridized carbons (Fsp3) is 0.400. The number of amidine groups is 1. The molecule has 128 valence electrons. The molecule has 0 radical (unpaired) electrons. The molecule has 1 aliphatic heterocycles. The molecule has 2 rings (SSSR count). The third-order valence-electron chi connectivity index (χ3n) is 3.59. The molecule has 6 nitrogen and oxygen atoms in total. The summed E-state index contributed by atoms with van der Waals surface area (Å²) in [5.74, 6) is -2.77. The van der Waals surface area contributed by atoms with Gasteiger partial charge in [0.15, 0.2) is 22.8 Å². The summed E-state index contributed by atoms with van der Waals surface area (Å²) in [6.45, 7) is 3.21. The maximum absolute atomic E-state index is 13.6. The lowest BCUT2D eigenvalue weighted by Crippen LogP contribution is -2.52. The number of thiol groups is 1. The number of ether oxygens (including phenoxy) is 1. The Hall–Kier alpha value is -2.34. The number of halogens is 2. The molecule has 0 N–H and O–H groups in total. The lowest BCUT2D eigenvalue weighted by molar-refractivity contribution is -0.139. The van der Waals surface area contributed by atoms with Crippen LogP contribution in [-0.4, -0.2) is 53.2 Å². The van der Waals surface area contributed by atoms with E-state index in [1.54, 1.807) is 16.0 Å². The SMILES string of the molecule is CC(Oc1cccc(F)c1F)C(=O)N1CCN(/C(S)=N/C#N)CC1. The number of hydrogen-bond acceptors (Lipinski definition) is 4. The predicted molar refractivity (Wildman–Crippen MR) is 86.6 cm³/mol. The molecule has 0 spiro atoms. The summed E-state index contributed by atoms with van der Waals surface area (Å²) < 4.78 is 32.0. The van der Waals surface area contributed by atoms with Crippen LogP contribution in [0.2, 0.25) is 0 Å². The minimum absolute atomic E-state index is 0.298. The van der Waals surface area contributed by atoms with Crippen LogP contribution >= 0.6 is 12.6 Å². The number of carbonyl (C=O) groups is 1. The molecule has 0 aliphatic carbocycles. The zero-order valence-corrected chi connectivity index (χ0v) is 13.8. The second kappa shape index (κ2) is 7.97. The van der Waals surface area contributed by atoms with E-state index in [0.29, 0.717) is 31.3 Å². The summed E-state index contributed by atoms with van der Waals surface area (Å²) in [6.07, 6.45) is 0.709. The van der Waals surface area contributed by atoms with Crippen molar-refractivity contribution in [1.82, 2.24) is 9.80 Å². The molecule has 0 aromatic heterocycles. The molecule has 1 amide bonds. The molecular formula is C15H16F2N4O2S. The van der Waals surface area contributed by atoms with Gasteiger partial charge in [-0.05, 0) is 19.1 Å². The van der Waals surface area contributed by atoms with Crippen molar-refractivity contribution >= 4 is 23.7 Å². The van der Waals surface area contributed by atoms with Crippen LogP contribution in [0.5, 0.6) is 5.75 Å². The molecule has 1 aromatic carbocycles. The van der Waals surface area contributed by atoms with Crippen LogP contribution < -0.4 is 4.74 Å². The minimum Gasteiger partial charge on any atom is -0.478 e. The largest absolute Gasteiger partial charge is 0.478 e. The Labute approximate surface area is 143 Å². The van der Waals surface area contributed by atoms with E-state index in [1.165, 1.54) is 19.1 Å². The maximum atomic E-state index is 13.6. The van der Waals surface area contributed by atoms with Crippen LogP contribution in [0.25, 0.3) is 0 Å². The smallest absolute Gasteiger partial charge is 0.263 e. The van der Waals surface area contributed by atoms with Crippen LogP contribution in [0.15, 0.2) is 23.2 Å². The van der Waals surface area contributed by atoms with Gasteiger partial charge in [-0.3, -0.25) is 4.79 Å². The Kier molecular flexibility index (Phi) is 5.98. The van der Waals surface area contributed by atoms with Gasteiger partial charge in [0, 0.05) is 26.2 Å². The first-order valence-corrected chi connectivity index (χ1v) is 7.69. The van der Waals surface area contributed by atoms with Crippen molar-refractivity contribution in [2.24, 2.45) is 4.99 Å². The third kappa shape index (κ3) is 4.14. The van der Waals surface area contributed by atoms with Crippen molar-refractivity contribution in [2.45, 2.75) is 13.0 Å². The van der Waals surface area contributed by atoms with Crippen molar-refractivity contribution in [3.63, 3.8) is 0 Å². The normalized spacial score (nSPS) is 16.5. The Morgan fingerprint density at radius 2 is 1.96 bits per heavy atom. The van der Waals surface area contributed by atoms with E-state index in [-0.39, 0.29) is 11.7 Å². The Balaban J connectivity index is 1.94. The molecule has 1 aliphatic rings. The van der Waals surface area contributed by atoms with Crippen LogP contribution in [0, 0.1) is 23.1 Å². The number of nitriles is 1. The van der Waals surface area contributed by atoms with Crippen molar-refractivity contribution in [3.8, 4) is 11.9 Å². The molecular weight excluding hydrogens is 338 g/mol. The average molecular weight is 354 g/mol. The molecule has 1 fully saturated rings. The maximum Gasteiger partial charge on any atom is 0.263 e. The lowest BCUT2D eigenvalue weighted by Gasteiger charge is -2.36. The Morgan fingerprint density at radius 1 is 1.33 bits per heavy atom. The quantitative estimate of drug-likeness (QED) is 0.388. The van der Waals surface area contributed by atoms with E-state index < -0.39 is 17.7 Å². The van der Waals surface area contributed by atoms with E-state index in [1.807, 2.05) is 0 Å². The number of carbonyl (C=O) groups excluding carboxylic acids is 1. The molecule has 1 unspecified atom stereocenters. The fourth-order valence-corrected chi connectivity index (χ4v) is 2.56. The summed E-state index contributed by atoms with van der Waals surface area (Å²) in [6, 6.07) is 3.56. The molecule has 0 saturated carbocycles. The van der Waals surface area contributed by atoms with Crippen molar-refractivity contribution in [1.29, 1.82) is 5.26 Å². The van der Waals surface area contributed by atoms with Crippen molar-refractivity contribution in [3.05, 3.63) is 29.8 Å². The fourth-order valence-electron chi connectivity index (χ4n) is 2.32. The predicted octanol–water partition coefficient (Wildman–Crippen LogP) is 1.64. The number of rotatable bonds is 3. The van der Waals surface area contributed by atoms with E-state index in [9.17, 15) is 13.6 Å². The van der Waals surface area contributed by atoms with Gasteiger partial charge in [-0.1, -0.05) is 6.07 Å². The van der Waals surface area contributed by atoms with Gasteiger partial charge in [-0.15, -0.1) is 17.6 Å². The highest BCUT2D eigenvalue weighted by molar-refractivity contribution is 7.96. The standard InChI is InChI=1S/C15H16F2N4O2S/c1-10(23-12-4-2-3-11(16)13(12)17)14(22)20-5-7-21(8-6-20)15(24)19-9-18/h2-4,10H,5-8H2,1H3,(H,19,24). The average Bonchev–Trinajstić information content (AvgIpc) is 2.58. The van der Waals surface area contributed by atoms with Gasteiger partial charge in [0.2, 0.25) is 12.0 Å². The van der Waals surface area contributed by atoms with Gasteiger partial charge in [0.25, 0.3) is 5.91 Å². The van der Waals surface area contributed by atoms with Gasteiger partial charge in [-0.2, -0.15) is 9.65 Å². The highest BCUT2D eigenvalue weighted by Gasteiger charge is 2.27. The summed E-state index contributed by atoms with van der Waals surface area (Å²) in [7, 11) is 0. The number of amides is 1. The summed E-state index contributed by atoms with van der Waals surface area (Å²) in [5.41, 5.74) is 0. The van der Waals surface area contributed by atoms with Crippen molar-refractivity contribution < 1.29 is 18.3 Å². The minimum atomic E-state index is -1.12. The number of hydrogen-bond donors (Lipinski definition) is 1. The summed E-state index contributed by atoms with van der Waals surface area (Å²) in [5, 5.41) is 8.81. The van der Waals surface area contributed by atoms with Crippen LogP contribution in [-0.2, 0) is 4.79 Å². The molecule has 0 bridgehead atoms. The van der Waals surface area contributed by atoms with Crippen LogP contribution in [0.4, 0.5) is 8.78 Å². The topological polar surface area (TPSA) is 68.9 Å². The Morgan fingerprint density at radius 3 is 2.58 bits per heavy atom. The highest BCUT2D eigenvalue weighted by atomic mass is 32.1. The van der Waals surface area contributed by atoms with Gasteiger partial charge in [0.1, 0.15) is 0 Å². The number of aliphatic imine (C=N–C) groups is 1. The Bertz CT molecular complexity index is 685. The molecule has 1 saturated heterocycles. The van der Waals surface area contributed by atoms with Crippen molar-refractivity contribution in [2.75, 3.05) is 26.2 Å². The molecule has 1 atom stereocenters. The summed E-state index contributed by atoms with van der Waals surface area (Å²) >= 11 is 4.11. The van der Waals surface area contributed by atoms with E-state index >= 15 is 0 Å². The van der Waals surface area contributed by atoms with Gasteiger partial charge in [0.05, 0.1) is 0 Å². The zero-order chi connectivity index (χ0) is 17.7. The third-order valence-corrected chi connectivity index (χ3v) is 3.97.